The van der Waals surface area contributed by atoms with E-state index in [9.17, 15) is 19.2 Å². The highest BCUT2D eigenvalue weighted by atomic mass is 35.5. The van der Waals surface area contributed by atoms with E-state index in [0.717, 1.165) is 12.8 Å². The molecule has 1 amide bonds. The van der Waals surface area contributed by atoms with Crippen LogP contribution in [0.2, 0.25) is 5.02 Å². The molecule has 1 heterocycles. The number of carbonyl (C=O) groups excluding carboxylic acids is 2. The molecule has 0 bridgehead atoms. The fraction of sp³-hybridized carbons (Fsp3) is 0.258. The second-order valence-corrected chi connectivity index (χ2v) is 10.3. The first kappa shape index (κ1) is 30.3. The lowest BCUT2D eigenvalue weighted by Crippen LogP contribution is -2.34. The Kier molecular flexibility index (Phi) is 9.59. The van der Waals surface area contributed by atoms with Crippen molar-refractivity contribution >= 4 is 41.2 Å². The van der Waals surface area contributed by atoms with E-state index in [1.54, 1.807) is 37.4 Å². The van der Waals surface area contributed by atoms with Crippen LogP contribution in [0.3, 0.4) is 0 Å². The molecule has 1 unspecified atom stereocenters. The first-order valence-electron chi connectivity index (χ1n) is 13.4. The first-order chi connectivity index (χ1) is 20.1. The number of hydrogen-bond acceptors (Lipinski definition) is 7. The lowest BCUT2D eigenvalue weighted by atomic mass is 9.96. The topological polar surface area (TPSA) is 153 Å². The van der Waals surface area contributed by atoms with Gasteiger partial charge in [0.25, 0.3) is 5.56 Å². The number of Topliss-reactive ketones (excluding diaryl/α,β-unsaturated/α-hetero) is 1. The summed E-state index contributed by atoms with van der Waals surface area (Å²) in [4.78, 5) is 55.4. The standard InChI is InChI=1S/C31H31ClN4O6/c1-3-27(37)23-11-6-19(32)14-24(23)25-16-29(38)36(17-28(25)42-2)26(15-20(33)12-13-34-21-9-10-21)30(39)35-22-7-4-18(5-8-22)31(40)41/h4-8,11-14,16-17,21,26H,3,9-10,15,33H2,1-2H3,(H,35,39)(H,40,41). The number of halogens is 1. The molecular formula is C31H31ClN4O6. The van der Waals surface area contributed by atoms with E-state index in [-0.39, 0.29) is 36.0 Å². The predicted molar refractivity (Wildman–Crippen MR) is 162 cm³/mol. The van der Waals surface area contributed by atoms with Crippen LogP contribution in [0.5, 0.6) is 5.75 Å². The van der Waals surface area contributed by atoms with Gasteiger partial charge in [-0.15, -0.1) is 0 Å². The largest absolute Gasteiger partial charge is 0.495 e. The second-order valence-electron chi connectivity index (χ2n) is 9.83. The fourth-order valence-electron chi connectivity index (χ4n) is 4.33. The molecule has 2 aromatic carbocycles. The van der Waals surface area contributed by atoms with Crippen LogP contribution in [0.15, 0.2) is 76.3 Å². The minimum Gasteiger partial charge on any atom is -0.495 e. The Bertz CT molecular complexity index is 1620. The van der Waals surface area contributed by atoms with E-state index in [1.807, 2.05) is 0 Å². The molecule has 1 saturated carbocycles. The molecule has 1 aliphatic carbocycles. The molecule has 1 atom stereocenters. The summed E-state index contributed by atoms with van der Waals surface area (Å²) in [5.41, 5.74) is 7.61. The quantitative estimate of drug-likeness (QED) is 0.195. The molecule has 42 heavy (non-hydrogen) atoms. The van der Waals surface area contributed by atoms with Gasteiger partial charge in [-0.1, -0.05) is 18.5 Å². The van der Waals surface area contributed by atoms with Crippen molar-refractivity contribution in [2.24, 2.45) is 10.7 Å². The van der Waals surface area contributed by atoms with Gasteiger partial charge in [-0.05, 0) is 66.9 Å². The number of hydrogen-bond donors (Lipinski definition) is 3. The molecule has 3 aromatic rings. The number of carboxylic acids is 1. The maximum Gasteiger partial charge on any atom is 0.335 e. The number of nitrogens with one attached hydrogen (secondary N) is 1. The number of benzene rings is 2. The number of ether oxygens (including phenoxy) is 1. The SMILES string of the molecule is CCC(=O)c1ccc(Cl)cc1-c1cc(=O)n(C(CC(N)=CC=NC2CC2)C(=O)Nc2ccc(C(=O)O)cc2)cc1OC. The molecule has 10 nitrogen and oxygen atoms in total. The van der Waals surface area contributed by atoms with Crippen molar-refractivity contribution in [3.63, 3.8) is 0 Å². The number of nitrogens with zero attached hydrogens (tertiary/aromatic N) is 2. The number of allylic oxidation sites excluding steroid dienone is 2. The molecule has 0 radical (unpaired) electrons. The van der Waals surface area contributed by atoms with Gasteiger partial charge < -0.3 is 20.9 Å². The number of aromatic carboxylic acids is 1. The zero-order valence-corrected chi connectivity index (χ0v) is 23.9. The van der Waals surface area contributed by atoms with E-state index in [0.29, 0.717) is 33.1 Å². The molecule has 0 spiro atoms. The Hall–Kier alpha value is -4.70. The van der Waals surface area contributed by atoms with Gasteiger partial charge in [0, 0.05) is 52.7 Å². The van der Waals surface area contributed by atoms with Crippen molar-refractivity contribution in [1.82, 2.24) is 4.57 Å². The van der Waals surface area contributed by atoms with E-state index < -0.39 is 23.5 Å². The average Bonchev–Trinajstić information content (AvgIpc) is 3.80. The summed E-state index contributed by atoms with van der Waals surface area (Å²) in [5, 5.41) is 12.3. The first-order valence-corrected chi connectivity index (χ1v) is 13.7. The van der Waals surface area contributed by atoms with Gasteiger partial charge >= 0.3 is 5.97 Å². The highest BCUT2D eigenvalue weighted by Gasteiger charge is 2.26. The number of amides is 1. The molecule has 0 aliphatic heterocycles. The molecule has 0 saturated heterocycles. The lowest BCUT2D eigenvalue weighted by Gasteiger charge is -2.22. The number of ketones is 1. The fourth-order valence-corrected chi connectivity index (χ4v) is 4.50. The molecule has 1 aliphatic rings. The summed E-state index contributed by atoms with van der Waals surface area (Å²) < 4.78 is 6.84. The number of carboxylic acid groups (broad SMARTS) is 1. The molecule has 218 valence electrons. The third kappa shape index (κ3) is 7.32. The Morgan fingerprint density at radius 3 is 2.50 bits per heavy atom. The van der Waals surface area contributed by atoms with Crippen LogP contribution in [0.1, 0.15) is 59.4 Å². The highest BCUT2D eigenvalue weighted by molar-refractivity contribution is 6.31. The number of methoxy groups -OCH3 is 1. The summed E-state index contributed by atoms with van der Waals surface area (Å²) in [6, 6.07) is 10.9. The number of nitrogens with two attached hydrogens (primary N) is 1. The average molecular weight is 591 g/mol. The number of aromatic nitrogens is 1. The van der Waals surface area contributed by atoms with Crippen LogP contribution in [-0.4, -0.2) is 46.7 Å². The lowest BCUT2D eigenvalue weighted by molar-refractivity contribution is -0.119. The summed E-state index contributed by atoms with van der Waals surface area (Å²) in [5.74, 6) is -1.55. The van der Waals surface area contributed by atoms with Gasteiger partial charge in [0.2, 0.25) is 5.91 Å². The summed E-state index contributed by atoms with van der Waals surface area (Å²) in [7, 11) is 1.42. The van der Waals surface area contributed by atoms with Crippen LogP contribution < -0.4 is 21.3 Å². The maximum absolute atomic E-state index is 13.6. The van der Waals surface area contributed by atoms with Crippen LogP contribution in [0.4, 0.5) is 5.69 Å². The van der Waals surface area contributed by atoms with Crippen molar-refractivity contribution < 1.29 is 24.2 Å². The van der Waals surface area contributed by atoms with Gasteiger partial charge in [-0.3, -0.25) is 23.9 Å². The van der Waals surface area contributed by atoms with Crippen LogP contribution in [0, 0.1) is 0 Å². The van der Waals surface area contributed by atoms with E-state index in [1.165, 1.54) is 48.2 Å². The number of aliphatic imine (C=N–C) groups is 1. The zero-order chi connectivity index (χ0) is 30.4. The van der Waals surface area contributed by atoms with E-state index in [2.05, 4.69) is 10.3 Å². The smallest absolute Gasteiger partial charge is 0.335 e. The summed E-state index contributed by atoms with van der Waals surface area (Å²) >= 11 is 6.25. The normalized spacial score (nSPS) is 14.0. The van der Waals surface area contributed by atoms with Crippen molar-refractivity contribution in [1.29, 1.82) is 0 Å². The monoisotopic (exact) mass is 590 g/mol. The van der Waals surface area contributed by atoms with Crippen molar-refractivity contribution in [2.45, 2.75) is 44.7 Å². The third-order valence-corrected chi connectivity index (χ3v) is 6.99. The van der Waals surface area contributed by atoms with E-state index in [4.69, 9.17) is 27.2 Å². The number of anilines is 1. The van der Waals surface area contributed by atoms with Gasteiger partial charge in [0.15, 0.2) is 5.78 Å². The van der Waals surface area contributed by atoms with Crippen LogP contribution >= 0.6 is 11.6 Å². The number of rotatable bonds is 12. The van der Waals surface area contributed by atoms with Gasteiger partial charge in [-0.25, -0.2) is 4.79 Å². The molecule has 1 aromatic heterocycles. The highest BCUT2D eigenvalue weighted by Crippen LogP contribution is 2.34. The third-order valence-electron chi connectivity index (χ3n) is 6.76. The minimum absolute atomic E-state index is 0.0329. The van der Waals surface area contributed by atoms with Crippen molar-refractivity contribution in [2.75, 3.05) is 12.4 Å². The predicted octanol–water partition coefficient (Wildman–Crippen LogP) is 5.11. The van der Waals surface area contributed by atoms with Crippen LogP contribution in [0.25, 0.3) is 11.1 Å². The Balaban J connectivity index is 1.76. The van der Waals surface area contributed by atoms with E-state index >= 15 is 0 Å². The minimum atomic E-state index is -1.11. The Labute approximate surface area is 247 Å². The van der Waals surface area contributed by atoms with Crippen molar-refractivity contribution in [3.8, 4) is 16.9 Å². The van der Waals surface area contributed by atoms with Gasteiger partial charge in [-0.2, -0.15) is 0 Å². The summed E-state index contributed by atoms with van der Waals surface area (Å²) in [6.07, 6.45) is 6.87. The van der Waals surface area contributed by atoms with Gasteiger partial charge in [0.1, 0.15) is 11.8 Å². The Morgan fingerprint density at radius 2 is 1.88 bits per heavy atom. The summed E-state index contributed by atoms with van der Waals surface area (Å²) in [6.45, 7) is 1.74. The van der Waals surface area contributed by atoms with Gasteiger partial charge in [0.05, 0.1) is 24.9 Å². The number of carbonyl (C=O) groups is 3. The molecule has 1 fully saturated rings. The van der Waals surface area contributed by atoms with Crippen molar-refractivity contribution in [3.05, 3.63) is 93.0 Å². The molecule has 4 rings (SSSR count). The van der Waals surface area contributed by atoms with Crippen LogP contribution in [-0.2, 0) is 4.79 Å². The maximum atomic E-state index is 13.6. The number of pyridine rings is 1. The molecular weight excluding hydrogens is 560 g/mol. The Morgan fingerprint density at radius 1 is 1.17 bits per heavy atom. The second kappa shape index (κ2) is 13.3. The molecule has 4 N–H and O–H groups in total. The molecule has 11 heteroatoms. The zero-order valence-electron chi connectivity index (χ0n) is 23.2.